The monoisotopic (exact) mass is 211 g/mol. The largest absolute Gasteiger partial charge is 0.508 e. The van der Waals surface area contributed by atoms with Crippen molar-refractivity contribution in [1.82, 2.24) is 5.32 Å². The Morgan fingerprint density at radius 2 is 2.20 bits per heavy atom. The van der Waals surface area contributed by atoms with E-state index in [2.05, 4.69) is 12.2 Å². The van der Waals surface area contributed by atoms with Gasteiger partial charge in [-0.25, -0.2) is 4.39 Å². The van der Waals surface area contributed by atoms with E-state index in [1.54, 1.807) is 0 Å². The molecule has 84 valence electrons. The number of nitrogens with one attached hydrogen (secondary N) is 1. The second-order valence-corrected chi connectivity index (χ2v) is 3.73. The summed E-state index contributed by atoms with van der Waals surface area (Å²) < 4.78 is 13.0. The molecule has 2 nitrogen and oxygen atoms in total. The van der Waals surface area contributed by atoms with Gasteiger partial charge in [-0.05, 0) is 38.1 Å². The molecule has 0 radical (unpaired) electrons. The molecule has 1 atom stereocenters. The standard InChI is InChI=1S/C12H18FNO/c1-3-4-7-14-9(2)11-8-10(13)5-6-12(11)15/h5-6,8-9,14-15H,3-4,7H2,1-2H3. The third-order valence-corrected chi connectivity index (χ3v) is 2.44. The van der Waals surface area contributed by atoms with Crippen LogP contribution in [0.15, 0.2) is 18.2 Å². The lowest BCUT2D eigenvalue weighted by Crippen LogP contribution is -2.19. The fraction of sp³-hybridized carbons (Fsp3) is 0.500. The fourth-order valence-corrected chi connectivity index (χ4v) is 1.48. The highest BCUT2D eigenvalue weighted by Crippen LogP contribution is 2.24. The van der Waals surface area contributed by atoms with Crippen LogP contribution in [0.4, 0.5) is 4.39 Å². The first-order chi connectivity index (χ1) is 7.15. The zero-order valence-corrected chi connectivity index (χ0v) is 9.26. The first kappa shape index (κ1) is 12.0. The predicted molar refractivity (Wildman–Crippen MR) is 59.4 cm³/mol. The molecule has 0 bridgehead atoms. The molecule has 1 aromatic carbocycles. The Kier molecular flexibility index (Phi) is 4.56. The molecule has 0 aliphatic heterocycles. The van der Waals surface area contributed by atoms with Crippen LogP contribution in [0.5, 0.6) is 5.75 Å². The zero-order valence-electron chi connectivity index (χ0n) is 9.26. The van der Waals surface area contributed by atoms with E-state index in [0.29, 0.717) is 5.56 Å². The van der Waals surface area contributed by atoms with Crippen molar-refractivity contribution in [2.75, 3.05) is 6.54 Å². The van der Waals surface area contributed by atoms with Gasteiger partial charge in [-0.15, -0.1) is 0 Å². The van der Waals surface area contributed by atoms with Gasteiger partial charge in [0.25, 0.3) is 0 Å². The molecule has 0 spiro atoms. The minimum absolute atomic E-state index is 0.0211. The third-order valence-electron chi connectivity index (χ3n) is 2.44. The van der Waals surface area contributed by atoms with Crippen molar-refractivity contribution >= 4 is 0 Å². The van der Waals surface area contributed by atoms with Gasteiger partial charge < -0.3 is 10.4 Å². The Labute approximate surface area is 90.1 Å². The summed E-state index contributed by atoms with van der Waals surface area (Å²) in [5.41, 5.74) is 0.617. The van der Waals surface area contributed by atoms with E-state index in [0.717, 1.165) is 19.4 Å². The number of phenols is 1. The lowest BCUT2D eigenvalue weighted by atomic mass is 10.1. The van der Waals surface area contributed by atoms with Crippen LogP contribution in [0.25, 0.3) is 0 Å². The number of hydrogen-bond acceptors (Lipinski definition) is 2. The number of phenolic OH excluding ortho intramolecular Hbond substituents is 1. The molecule has 0 heterocycles. The van der Waals surface area contributed by atoms with Gasteiger partial charge >= 0.3 is 0 Å². The highest BCUT2D eigenvalue weighted by molar-refractivity contribution is 5.34. The minimum atomic E-state index is -0.313. The van der Waals surface area contributed by atoms with E-state index in [4.69, 9.17) is 0 Å². The van der Waals surface area contributed by atoms with E-state index in [1.165, 1.54) is 18.2 Å². The van der Waals surface area contributed by atoms with Crippen LogP contribution in [-0.2, 0) is 0 Å². The molecule has 0 saturated heterocycles. The van der Waals surface area contributed by atoms with E-state index < -0.39 is 0 Å². The van der Waals surface area contributed by atoms with Crippen LogP contribution < -0.4 is 5.32 Å². The Balaban J connectivity index is 2.64. The van der Waals surface area contributed by atoms with E-state index in [9.17, 15) is 9.50 Å². The second kappa shape index (κ2) is 5.71. The molecule has 3 heteroatoms. The summed E-state index contributed by atoms with van der Waals surface area (Å²) in [6.07, 6.45) is 2.20. The number of unbranched alkanes of at least 4 members (excludes halogenated alkanes) is 1. The summed E-state index contributed by atoms with van der Waals surface area (Å²) in [7, 11) is 0. The van der Waals surface area contributed by atoms with Gasteiger partial charge in [-0.1, -0.05) is 13.3 Å². The van der Waals surface area contributed by atoms with Crippen molar-refractivity contribution in [3.05, 3.63) is 29.6 Å². The highest BCUT2D eigenvalue weighted by atomic mass is 19.1. The van der Waals surface area contributed by atoms with Gasteiger partial charge in [-0.2, -0.15) is 0 Å². The molecule has 2 N–H and O–H groups in total. The number of benzene rings is 1. The maximum absolute atomic E-state index is 13.0. The number of halogens is 1. The Morgan fingerprint density at radius 1 is 1.47 bits per heavy atom. The Hall–Kier alpha value is -1.09. The highest BCUT2D eigenvalue weighted by Gasteiger charge is 2.10. The third kappa shape index (κ3) is 3.51. The van der Waals surface area contributed by atoms with Crippen LogP contribution in [-0.4, -0.2) is 11.7 Å². The van der Waals surface area contributed by atoms with Crippen LogP contribution in [0.3, 0.4) is 0 Å². The summed E-state index contributed by atoms with van der Waals surface area (Å²) in [4.78, 5) is 0. The lowest BCUT2D eigenvalue weighted by Gasteiger charge is -2.15. The first-order valence-electron chi connectivity index (χ1n) is 5.37. The first-order valence-corrected chi connectivity index (χ1v) is 5.37. The molecule has 1 unspecified atom stereocenters. The van der Waals surface area contributed by atoms with Crippen molar-refractivity contribution < 1.29 is 9.50 Å². The maximum atomic E-state index is 13.0. The topological polar surface area (TPSA) is 32.3 Å². The molecule has 15 heavy (non-hydrogen) atoms. The number of aromatic hydroxyl groups is 1. The summed E-state index contributed by atoms with van der Waals surface area (Å²) >= 11 is 0. The average molecular weight is 211 g/mol. The average Bonchev–Trinajstić information content (AvgIpc) is 2.22. The van der Waals surface area contributed by atoms with Gasteiger partial charge in [0.2, 0.25) is 0 Å². The lowest BCUT2D eigenvalue weighted by molar-refractivity contribution is 0.448. The predicted octanol–water partition coefficient (Wildman–Crippen LogP) is 2.98. The summed E-state index contributed by atoms with van der Waals surface area (Å²) in [6, 6.07) is 4.01. The molecule has 0 aromatic heterocycles. The number of hydrogen-bond donors (Lipinski definition) is 2. The van der Waals surface area contributed by atoms with Gasteiger partial charge in [0.1, 0.15) is 11.6 Å². The van der Waals surface area contributed by atoms with Gasteiger partial charge in [-0.3, -0.25) is 0 Å². The quantitative estimate of drug-likeness (QED) is 0.734. The molecule has 0 amide bonds. The summed E-state index contributed by atoms with van der Waals surface area (Å²) in [6.45, 7) is 4.92. The molecule has 1 aromatic rings. The van der Waals surface area contributed by atoms with Crippen molar-refractivity contribution in [3.8, 4) is 5.75 Å². The van der Waals surface area contributed by atoms with E-state index >= 15 is 0 Å². The Bertz CT molecular complexity index is 314. The summed E-state index contributed by atoms with van der Waals surface area (Å²) in [5, 5.41) is 12.8. The van der Waals surface area contributed by atoms with Crippen molar-refractivity contribution in [1.29, 1.82) is 0 Å². The van der Waals surface area contributed by atoms with Crippen molar-refractivity contribution in [2.24, 2.45) is 0 Å². The maximum Gasteiger partial charge on any atom is 0.123 e. The molecule has 0 aliphatic carbocycles. The molecular weight excluding hydrogens is 193 g/mol. The minimum Gasteiger partial charge on any atom is -0.508 e. The van der Waals surface area contributed by atoms with Gasteiger partial charge in [0.15, 0.2) is 0 Å². The van der Waals surface area contributed by atoms with E-state index in [-0.39, 0.29) is 17.6 Å². The second-order valence-electron chi connectivity index (χ2n) is 3.73. The fourth-order valence-electron chi connectivity index (χ4n) is 1.48. The van der Waals surface area contributed by atoms with Crippen molar-refractivity contribution in [3.63, 3.8) is 0 Å². The van der Waals surface area contributed by atoms with Crippen LogP contribution >= 0.6 is 0 Å². The Morgan fingerprint density at radius 3 is 2.87 bits per heavy atom. The van der Waals surface area contributed by atoms with Crippen LogP contribution in [0, 0.1) is 5.82 Å². The molecule has 0 fully saturated rings. The van der Waals surface area contributed by atoms with Gasteiger partial charge in [0, 0.05) is 11.6 Å². The van der Waals surface area contributed by atoms with Crippen molar-refractivity contribution in [2.45, 2.75) is 32.7 Å². The SMILES string of the molecule is CCCCNC(C)c1cc(F)ccc1O. The van der Waals surface area contributed by atoms with E-state index in [1.807, 2.05) is 6.92 Å². The molecule has 1 rings (SSSR count). The normalized spacial score (nSPS) is 12.7. The van der Waals surface area contributed by atoms with Gasteiger partial charge in [0.05, 0.1) is 0 Å². The summed E-state index contributed by atoms with van der Waals surface area (Å²) in [5.74, 6) is -0.167. The van der Waals surface area contributed by atoms with Crippen LogP contribution in [0.1, 0.15) is 38.3 Å². The molecule has 0 saturated carbocycles. The number of rotatable bonds is 5. The van der Waals surface area contributed by atoms with Crippen LogP contribution in [0.2, 0.25) is 0 Å². The molecule has 0 aliphatic rings. The smallest absolute Gasteiger partial charge is 0.123 e. The molecular formula is C12H18FNO. The zero-order chi connectivity index (χ0) is 11.3.